The summed E-state index contributed by atoms with van der Waals surface area (Å²) in [6, 6.07) is 0. The number of ketones is 1. The zero-order valence-electron chi connectivity index (χ0n) is 18.2. The molecule has 0 aromatic heterocycles. The van der Waals surface area contributed by atoms with Crippen LogP contribution < -0.4 is 0 Å². The molecule has 1 heterocycles. The van der Waals surface area contributed by atoms with Crippen LogP contribution in [0.15, 0.2) is 34.6 Å². The fraction of sp³-hybridized carbons (Fsp3) is 0.667. The summed E-state index contributed by atoms with van der Waals surface area (Å²) in [7, 11) is 0. The van der Waals surface area contributed by atoms with Gasteiger partial charge in [0.1, 0.15) is 5.76 Å². The fourth-order valence-electron chi connectivity index (χ4n) is 5.36. The third-order valence-corrected chi connectivity index (χ3v) is 7.16. The minimum absolute atomic E-state index is 0.0224. The lowest BCUT2D eigenvalue weighted by molar-refractivity contribution is -0.142. The average molecular weight is 403 g/mol. The van der Waals surface area contributed by atoms with E-state index in [1.165, 1.54) is 0 Å². The topological polar surface area (TPSA) is 83.8 Å². The largest absolute Gasteiger partial charge is 0.430 e. The van der Waals surface area contributed by atoms with E-state index >= 15 is 0 Å². The van der Waals surface area contributed by atoms with Crippen molar-refractivity contribution in [1.82, 2.24) is 0 Å². The number of esters is 1. The minimum atomic E-state index is -0.799. The van der Waals surface area contributed by atoms with E-state index < -0.39 is 23.4 Å². The van der Waals surface area contributed by atoms with Crippen molar-refractivity contribution in [2.45, 2.75) is 66.4 Å². The van der Waals surface area contributed by atoms with Gasteiger partial charge in [-0.25, -0.2) is 0 Å². The number of hydrogen-bond donors (Lipinski definition) is 2. The number of carbonyl (C=O) groups excluding carboxylic acids is 2. The van der Waals surface area contributed by atoms with Crippen LogP contribution in [0, 0.1) is 29.1 Å². The summed E-state index contributed by atoms with van der Waals surface area (Å²) in [5.41, 5.74) is 2.36. The van der Waals surface area contributed by atoms with Crippen LogP contribution in [0.1, 0.15) is 60.3 Å². The van der Waals surface area contributed by atoms with Crippen molar-refractivity contribution < 1.29 is 24.5 Å². The first-order chi connectivity index (χ1) is 13.6. The Hall–Kier alpha value is -1.72. The maximum Gasteiger partial charge on any atom is 0.317 e. The molecule has 160 valence electrons. The Morgan fingerprint density at radius 2 is 1.90 bits per heavy atom. The number of aliphatic hydroxyl groups excluding tert-OH is 2. The lowest BCUT2D eigenvalue weighted by atomic mass is 9.68. The first-order valence-electron chi connectivity index (χ1n) is 10.8. The summed E-state index contributed by atoms with van der Waals surface area (Å²) in [6.07, 6.45) is 5.68. The summed E-state index contributed by atoms with van der Waals surface area (Å²) in [6.45, 7) is 9.62. The van der Waals surface area contributed by atoms with Crippen molar-refractivity contribution in [1.29, 1.82) is 0 Å². The van der Waals surface area contributed by atoms with E-state index in [9.17, 15) is 19.8 Å². The molecule has 1 aliphatic heterocycles. The molecule has 2 aliphatic carbocycles. The van der Waals surface area contributed by atoms with Gasteiger partial charge in [0.25, 0.3) is 0 Å². The van der Waals surface area contributed by atoms with Crippen LogP contribution in [-0.2, 0) is 14.3 Å². The van der Waals surface area contributed by atoms with E-state index in [1.54, 1.807) is 13.0 Å². The number of allylic oxidation sites excluding steroid dienone is 5. The smallest absolute Gasteiger partial charge is 0.317 e. The Bertz CT molecular complexity index is 785. The van der Waals surface area contributed by atoms with Gasteiger partial charge < -0.3 is 14.9 Å². The molecule has 5 heteroatoms. The van der Waals surface area contributed by atoms with Crippen LogP contribution in [0.2, 0.25) is 0 Å². The molecule has 3 aliphatic rings. The van der Waals surface area contributed by atoms with Crippen LogP contribution in [-0.4, -0.2) is 34.7 Å². The molecule has 0 aromatic carbocycles. The zero-order valence-corrected chi connectivity index (χ0v) is 18.2. The van der Waals surface area contributed by atoms with Gasteiger partial charge >= 0.3 is 5.97 Å². The lowest BCUT2D eigenvalue weighted by Gasteiger charge is -2.35. The Morgan fingerprint density at radius 3 is 2.48 bits per heavy atom. The van der Waals surface area contributed by atoms with Gasteiger partial charge in [-0.05, 0) is 69.9 Å². The third-order valence-electron chi connectivity index (χ3n) is 7.16. The number of hydrogen-bond acceptors (Lipinski definition) is 5. The van der Waals surface area contributed by atoms with Gasteiger partial charge in [0, 0.05) is 0 Å². The molecule has 0 amide bonds. The van der Waals surface area contributed by atoms with Gasteiger partial charge in [0.15, 0.2) is 5.78 Å². The average Bonchev–Trinajstić information content (AvgIpc) is 3.11. The zero-order chi connectivity index (χ0) is 21.5. The molecule has 29 heavy (non-hydrogen) atoms. The molecule has 2 N–H and O–H groups in total. The molecular formula is C24H34O5. The maximum absolute atomic E-state index is 13.0. The van der Waals surface area contributed by atoms with Gasteiger partial charge in [-0.3, -0.25) is 9.59 Å². The highest BCUT2D eigenvalue weighted by atomic mass is 16.5. The third kappa shape index (κ3) is 3.75. The van der Waals surface area contributed by atoms with Crippen LogP contribution >= 0.6 is 0 Å². The summed E-state index contributed by atoms with van der Waals surface area (Å²) >= 11 is 0. The molecule has 0 spiro atoms. The highest BCUT2D eigenvalue weighted by molar-refractivity contribution is 5.99. The van der Waals surface area contributed by atoms with Crippen LogP contribution in [0.4, 0.5) is 0 Å². The summed E-state index contributed by atoms with van der Waals surface area (Å²) in [5, 5.41) is 20.5. The molecule has 0 radical (unpaired) electrons. The number of aliphatic hydroxyl groups is 2. The van der Waals surface area contributed by atoms with Crippen molar-refractivity contribution in [3.05, 3.63) is 34.6 Å². The van der Waals surface area contributed by atoms with E-state index in [-0.39, 0.29) is 30.1 Å². The summed E-state index contributed by atoms with van der Waals surface area (Å²) in [5.74, 6) is -0.365. The molecule has 5 atom stereocenters. The van der Waals surface area contributed by atoms with Crippen molar-refractivity contribution >= 4 is 11.8 Å². The molecule has 1 saturated heterocycles. The predicted octanol–water partition coefficient (Wildman–Crippen LogP) is 3.71. The SMILES string of the molecule is C/C1=C\[C@H]2/C(=C(/C)CC[C@@]3(CO)C(=O)C=C(C(C)C)[C@@H]3CC1)OC(=O)[C@@H]2[C@H](C)O. The second-order valence-electron chi connectivity index (χ2n) is 9.44. The van der Waals surface area contributed by atoms with Crippen molar-refractivity contribution in [3.8, 4) is 0 Å². The first kappa shape index (κ1) is 22.0. The molecule has 1 fully saturated rings. The van der Waals surface area contributed by atoms with Gasteiger partial charge in [-0.15, -0.1) is 0 Å². The van der Waals surface area contributed by atoms with Gasteiger partial charge in [-0.1, -0.05) is 31.1 Å². The fourth-order valence-corrected chi connectivity index (χ4v) is 5.36. The highest BCUT2D eigenvalue weighted by Crippen LogP contribution is 2.50. The van der Waals surface area contributed by atoms with Crippen molar-refractivity contribution in [2.75, 3.05) is 6.61 Å². The van der Waals surface area contributed by atoms with Crippen molar-refractivity contribution in [3.63, 3.8) is 0 Å². The van der Waals surface area contributed by atoms with E-state index in [4.69, 9.17) is 4.74 Å². The summed E-state index contributed by atoms with van der Waals surface area (Å²) < 4.78 is 5.61. The second kappa shape index (κ2) is 8.19. The number of ether oxygens (including phenoxy) is 1. The highest BCUT2D eigenvalue weighted by Gasteiger charge is 2.50. The standard InChI is InChI=1S/C24H34O5/c1-13(2)17-11-20(27)24(12-25)9-8-15(4)22-18(10-14(3)6-7-19(17)24)21(16(5)26)23(28)29-22/h10-11,13,16,18-19,21,25-26H,6-9,12H2,1-5H3/b14-10+,22-15+/t16-,18+,19-,21+,24-/m0/s1. The molecule has 3 rings (SSSR count). The Kier molecular flexibility index (Phi) is 6.21. The van der Waals surface area contributed by atoms with Crippen LogP contribution in [0.5, 0.6) is 0 Å². The normalized spacial score (nSPS) is 38.6. The van der Waals surface area contributed by atoms with Crippen LogP contribution in [0.3, 0.4) is 0 Å². The Balaban J connectivity index is 2.05. The van der Waals surface area contributed by atoms with Crippen molar-refractivity contribution in [2.24, 2.45) is 29.1 Å². The molecule has 0 aromatic rings. The van der Waals surface area contributed by atoms with E-state index in [0.717, 1.165) is 29.6 Å². The number of rotatable bonds is 3. The summed E-state index contributed by atoms with van der Waals surface area (Å²) in [4.78, 5) is 25.5. The van der Waals surface area contributed by atoms with Crippen LogP contribution in [0.25, 0.3) is 0 Å². The molecule has 0 unspecified atom stereocenters. The maximum atomic E-state index is 13.0. The number of carbonyl (C=O) groups is 2. The Labute approximate surface area is 173 Å². The second-order valence-corrected chi connectivity index (χ2v) is 9.44. The van der Waals surface area contributed by atoms with Gasteiger partial charge in [-0.2, -0.15) is 0 Å². The molecule has 5 nitrogen and oxygen atoms in total. The quantitative estimate of drug-likeness (QED) is 0.555. The first-order valence-corrected chi connectivity index (χ1v) is 10.8. The predicted molar refractivity (Wildman–Crippen MR) is 111 cm³/mol. The van der Waals surface area contributed by atoms with Gasteiger partial charge in [0.2, 0.25) is 0 Å². The molecule has 0 saturated carbocycles. The van der Waals surface area contributed by atoms with Gasteiger partial charge in [0.05, 0.1) is 30.0 Å². The molecule has 0 bridgehead atoms. The number of fused-ring (bicyclic) bond motifs is 2. The van der Waals surface area contributed by atoms with E-state index in [1.807, 2.05) is 13.8 Å². The Morgan fingerprint density at radius 1 is 1.21 bits per heavy atom. The van der Waals surface area contributed by atoms with E-state index in [2.05, 4.69) is 19.9 Å². The minimum Gasteiger partial charge on any atom is -0.430 e. The molecular weight excluding hydrogens is 368 g/mol. The van der Waals surface area contributed by atoms with E-state index in [0.29, 0.717) is 18.6 Å². The lowest BCUT2D eigenvalue weighted by Crippen LogP contribution is -2.38. The monoisotopic (exact) mass is 402 g/mol.